The molecule has 0 bridgehead atoms. The minimum atomic E-state index is -0.670. The summed E-state index contributed by atoms with van der Waals surface area (Å²) in [5, 5.41) is 8.27. The van der Waals surface area contributed by atoms with Crippen LogP contribution in [-0.4, -0.2) is 11.1 Å². The zero-order valence-electron chi connectivity index (χ0n) is 6.60. The number of rotatable bonds is 6. The van der Waals surface area contributed by atoms with Gasteiger partial charge in [0.2, 0.25) is 0 Å². The second-order valence-corrected chi connectivity index (χ2v) is 2.56. The van der Waals surface area contributed by atoms with Crippen molar-refractivity contribution in [2.75, 3.05) is 0 Å². The van der Waals surface area contributed by atoms with Crippen molar-refractivity contribution in [2.45, 2.75) is 45.4 Å². The molecule has 0 saturated heterocycles. The number of aliphatic carboxylic acids is 1. The molecule has 0 aliphatic heterocycles. The molecule has 0 aromatic rings. The third kappa shape index (κ3) is 7.47. The van der Waals surface area contributed by atoms with E-state index in [1.165, 1.54) is 19.3 Å². The van der Waals surface area contributed by atoms with Crippen LogP contribution in [0.5, 0.6) is 0 Å². The van der Waals surface area contributed by atoms with Gasteiger partial charge in [-0.3, -0.25) is 4.79 Å². The van der Waals surface area contributed by atoms with E-state index < -0.39 is 5.97 Å². The van der Waals surface area contributed by atoms with Gasteiger partial charge in [0.15, 0.2) is 0 Å². The molecule has 0 heterocycles. The molecule has 0 aromatic carbocycles. The highest BCUT2D eigenvalue weighted by Gasteiger charge is 1.94. The van der Waals surface area contributed by atoms with Gasteiger partial charge in [-0.2, -0.15) is 0 Å². The molecule has 0 rings (SSSR count). The maximum Gasteiger partial charge on any atom is 0.303 e. The van der Waals surface area contributed by atoms with Gasteiger partial charge in [0, 0.05) is 6.42 Å². The fourth-order valence-corrected chi connectivity index (χ4v) is 0.880. The number of hydrogen-bond acceptors (Lipinski definition) is 1. The number of hydrogen-bond donors (Lipinski definition) is 1. The summed E-state index contributed by atoms with van der Waals surface area (Å²) in [6.07, 6.45) is 5.88. The topological polar surface area (TPSA) is 37.3 Å². The van der Waals surface area contributed by atoms with Crippen molar-refractivity contribution in [1.82, 2.24) is 0 Å². The van der Waals surface area contributed by atoms with Gasteiger partial charge in [-0.25, -0.2) is 0 Å². The minimum absolute atomic E-state index is 0.337. The van der Waals surface area contributed by atoms with Crippen LogP contribution in [0.3, 0.4) is 0 Å². The summed E-state index contributed by atoms with van der Waals surface area (Å²) in [5.74, 6) is -0.670. The highest BCUT2D eigenvalue weighted by Crippen LogP contribution is 2.04. The molecule has 0 spiro atoms. The first-order valence-electron chi connectivity index (χ1n) is 3.99. The van der Waals surface area contributed by atoms with E-state index >= 15 is 0 Å². The van der Waals surface area contributed by atoms with Crippen LogP contribution < -0.4 is 0 Å². The Kier molecular flexibility index (Phi) is 6.24. The standard InChI is InChI=1S/C8H16O2/c1-2-3-4-5-6-7-8(9)10/h2-7H2,1H3,(H,9,10)/i8-3. The molecule has 2 heteroatoms. The Morgan fingerprint density at radius 1 is 1.20 bits per heavy atom. The second kappa shape index (κ2) is 6.59. The Labute approximate surface area is 62.2 Å². The van der Waals surface area contributed by atoms with Crippen molar-refractivity contribution in [3.8, 4) is 0 Å². The summed E-state index contributed by atoms with van der Waals surface area (Å²) < 4.78 is 0. The van der Waals surface area contributed by atoms with Crippen LogP contribution in [-0.2, 0) is 4.79 Å². The first-order valence-corrected chi connectivity index (χ1v) is 3.99. The second-order valence-electron chi connectivity index (χ2n) is 2.56. The lowest BCUT2D eigenvalue weighted by Gasteiger charge is -1.95. The molecule has 0 unspecified atom stereocenters. The summed E-state index contributed by atoms with van der Waals surface area (Å²) in [5.41, 5.74) is 0. The average Bonchev–Trinajstić information content (AvgIpc) is 1.87. The molecule has 0 fully saturated rings. The molecule has 0 amide bonds. The van der Waals surface area contributed by atoms with Gasteiger partial charge in [0.05, 0.1) is 0 Å². The first-order chi connectivity index (χ1) is 4.77. The largest absolute Gasteiger partial charge is 0.481 e. The smallest absolute Gasteiger partial charge is 0.303 e. The zero-order chi connectivity index (χ0) is 7.82. The Morgan fingerprint density at radius 3 is 2.30 bits per heavy atom. The van der Waals surface area contributed by atoms with Gasteiger partial charge in [0.25, 0.3) is 0 Å². The summed E-state index contributed by atoms with van der Waals surface area (Å²) in [6.45, 7) is 2.15. The molecule has 0 aliphatic rings. The SMILES string of the molecule is CCCCCCC[9C](=O)O. The summed E-state index contributed by atoms with van der Waals surface area (Å²) in [7, 11) is 0. The summed E-state index contributed by atoms with van der Waals surface area (Å²) >= 11 is 0. The van der Waals surface area contributed by atoms with Gasteiger partial charge >= 0.3 is 5.97 Å². The molecule has 0 atom stereocenters. The van der Waals surface area contributed by atoms with E-state index in [1.807, 2.05) is 0 Å². The molecule has 0 aliphatic carbocycles. The first kappa shape index (κ1) is 9.47. The lowest BCUT2D eigenvalue weighted by molar-refractivity contribution is -0.137. The van der Waals surface area contributed by atoms with E-state index in [4.69, 9.17) is 5.11 Å². The molecule has 10 heavy (non-hydrogen) atoms. The van der Waals surface area contributed by atoms with Crippen LogP contribution in [0.2, 0.25) is 0 Å². The Hall–Kier alpha value is -0.530. The Balaban J connectivity index is 2.84. The lowest BCUT2D eigenvalue weighted by atomic mass is 8.52. The molecule has 1 N–H and O–H groups in total. The van der Waals surface area contributed by atoms with E-state index in [9.17, 15) is 4.79 Å². The minimum Gasteiger partial charge on any atom is -0.481 e. The molecule has 0 aromatic heterocycles. The van der Waals surface area contributed by atoms with Crippen molar-refractivity contribution in [1.29, 1.82) is 0 Å². The molecule has 60 valence electrons. The van der Waals surface area contributed by atoms with Crippen molar-refractivity contribution in [3.05, 3.63) is 0 Å². The average molecular weight is 141 g/mol. The highest BCUT2D eigenvalue weighted by atomic mass is 16.2. The molecule has 0 saturated carbocycles. The van der Waals surface area contributed by atoms with Crippen LogP contribution in [0.1, 0.15) is 45.4 Å². The number of carboxylic acid groups (broad SMARTS) is 1. The van der Waals surface area contributed by atoms with E-state index in [1.54, 1.807) is 0 Å². The van der Waals surface area contributed by atoms with Crippen molar-refractivity contribution in [3.63, 3.8) is 0 Å². The van der Waals surface area contributed by atoms with Gasteiger partial charge in [0.1, 0.15) is 0 Å². The summed E-state index contributed by atoms with van der Waals surface area (Å²) in [6, 6.07) is 0. The van der Waals surface area contributed by atoms with Crippen molar-refractivity contribution < 1.29 is 9.90 Å². The fourth-order valence-electron chi connectivity index (χ4n) is 0.880. The Bertz CT molecular complexity index is 89.3. The van der Waals surface area contributed by atoms with E-state index in [2.05, 4.69) is 6.92 Å². The lowest BCUT2D eigenvalue weighted by Crippen LogP contribution is -1.93. The van der Waals surface area contributed by atoms with Gasteiger partial charge in [-0.15, -0.1) is 0 Å². The number of carbonyl (C=O) groups is 1. The predicted octanol–water partition coefficient (Wildman–Crippen LogP) is 2.43. The van der Waals surface area contributed by atoms with Gasteiger partial charge < -0.3 is 5.11 Å². The predicted molar refractivity (Wildman–Crippen MR) is 41.0 cm³/mol. The van der Waals surface area contributed by atoms with Crippen molar-refractivity contribution >= 4 is 5.97 Å². The van der Waals surface area contributed by atoms with Crippen LogP contribution in [0.4, 0.5) is 0 Å². The highest BCUT2D eigenvalue weighted by molar-refractivity contribution is 5.66. The molecule has 2 nitrogen and oxygen atoms in total. The molecular formula is C8H16O2. The van der Waals surface area contributed by atoms with E-state index in [0.29, 0.717) is 6.42 Å². The Morgan fingerprint density at radius 2 is 1.80 bits per heavy atom. The van der Waals surface area contributed by atoms with E-state index in [0.717, 1.165) is 12.8 Å². The van der Waals surface area contributed by atoms with Gasteiger partial charge in [-0.05, 0) is 6.42 Å². The quantitative estimate of drug-likeness (QED) is 0.577. The van der Waals surface area contributed by atoms with Gasteiger partial charge in [-0.1, -0.05) is 32.6 Å². The maximum absolute atomic E-state index is 10.0. The number of unbranched alkanes of at least 4 members (excludes halogenated alkanes) is 4. The van der Waals surface area contributed by atoms with Crippen LogP contribution in [0.15, 0.2) is 0 Å². The summed E-state index contributed by atoms with van der Waals surface area (Å²) in [4.78, 5) is 10.0. The normalized spacial score (nSPS) is 9.70. The monoisotopic (exact) mass is 141 g/mol. The van der Waals surface area contributed by atoms with Crippen molar-refractivity contribution in [2.24, 2.45) is 0 Å². The zero-order valence-corrected chi connectivity index (χ0v) is 6.60. The third-order valence-corrected chi connectivity index (χ3v) is 1.49. The van der Waals surface area contributed by atoms with Crippen LogP contribution in [0.25, 0.3) is 0 Å². The maximum atomic E-state index is 10.0. The number of carboxylic acids is 1. The fraction of sp³-hybridized carbons (Fsp3) is 0.875. The van der Waals surface area contributed by atoms with Crippen LogP contribution >= 0.6 is 0 Å². The molecule has 0 radical (unpaired) electrons. The third-order valence-electron chi connectivity index (χ3n) is 1.49. The van der Waals surface area contributed by atoms with Crippen LogP contribution in [0, 0.1) is 0 Å². The van der Waals surface area contributed by atoms with E-state index in [-0.39, 0.29) is 0 Å². The molecular weight excluding hydrogens is 125 g/mol.